The molecule has 0 saturated carbocycles. The molecule has 1 saturated heterocycles. The Labute approximate surface area is 120 Å². The maximum Gasteiger partial charge on any atom is 0.225 e. The van der Waals surface area contributed by atoms with Gasteiger partial charge in [-0.15, -0.1) is 0 Å². The van der Waals surface area contributed by atoms with Gasteiger partial charge in [-0.1, -0.05) is 13.8 Å². The van der Waals surface area contributed by atoms with Crippen molar-refractivity contribution in [1.29, 1.82) is 0 Å². The zero-order chi connectivity index (χ0) is 14.4. The summed E-state index contributed by atoms with van der Waals surface area (Å²) in [7, 11) is 0. The Balaban J connectivity index is 1.95. The fourth-order valence-corrected chi connectivity index (χ4v) is 2.67. The van der Waals surface area contributed by atoms with Gasteiger partial charge in [-0.25, -0.2) is 4.98 Å². The van der Waals surface area contributed by atoms with Gasteiger partial charge in [-0.05, 0) is 25.7 Å². The van der Waals surface area contributed by atoms with Crippen LogP contribution in [-0.2, 0) is 4.79 Å². The molecule has 1 aliphatic heterocycles. The van der Waals surface area contributed by atoms with Crippen molar-refractivity contribution in [3.63, 3.8) is 0 Å². The third-order valence-electron chi connectivity index (χ3n) is 4.00. The van der Waals surface area contributed by atoms with Gasteiger partial charge in [0.2, 0.25) is 5.91 Å². The van der Waals surface area contributed by atoms with Gasteiger partial charge in [0.05, 0.1) is 12.1 Å². The molecule has 1 aromatic rings. The van der Waals surface area contributed by atoms with E-state index in [1.165, 1.54) is 0 Å². The lowest BCUT2D eigenvalue weighted by atomic mass is 9.96. The molecule has 5 nitrogen and oxygen atoms in total. The smallest absolute Gasteiger partial charge is 0.225 e. The highest BCUT2D eigenvalue weighted by Gasteiger charge is 2.27. The number of hydrogen-bond acceptors (Lipinski definition) is 4. The maximum atomic E-state index is 12.3. The van der Waals surface area contributed by atoms with Crippen LogP contribution in [0.4, 0.5) is 5.82 Å². The minimum Gasteiger partial charge on any atom is -0.355 e. The normalized spacial score (nSPS) is 19.1. The number of anilines is 1. The van der Waals surface area contributed by atoms with Crippen molar-refractivity contribution < 1.29 is 4.79 Å². The van der Waals surface area contributed by atoms with Crippen LogP contribution in [0.25, 0.3) is 0 Å². The molecule has 1 aromatic heterocycles. The number of aromatic nitrogens is 2. The van der Waals surface area contributed by atoms with Gasteiger partial charge < -0.3 is 10.2 Å². The fraction of sp³-hybridized carbons (Fsp3) is 0.667. The quantitative estimate of drug-likeness (QED) is 0.893. The van der Waals surface area contributed by atoms with E-state index in [9.17, 15) is 4.79 Å². The number of piperidine rings is 1. The number of amides is 1. The Hall–Kier alpha value is -1.65. The van der Waals surface area contributed by atoms with Crippen LogP contribution in [-0.4, -0.2) is 35.0 Å². The molecule has 1 N–H and O–H groups in total. The molecule has 1 aliphatic rings. The second kappa shape index (κ2) is 7.22. The lowest BCUT2D eigenvalue weighted by Gasteiger charge is -2.33. The van der Waals surface area contributed by atoms with Crippen molar-refractivity contribution >= 4 is 11.7 Å². The van der Waals surface area contributed by atoms with E-state index in [2.05, 4.69) is 34.0 Å². The third kappa shape index (κ3) is 3.68. The molecule has 0 spiro atoms. The SMILES string of the molecule is CCC(CC)NC(=O)C1CCCN(c2cnccn2)C1. The monoisotopic (exact) mass is 276 g/mol. The minimum atomic E-state index is 0.0614. The first kappa shape index (κ1) is 14.8. The minimum absolute atomic E-state index is 0.0614. The van der Waals surface area contributed by atoms with Gasteiger partial charge in [-0.2, -0.15) is 0 Å². The first-order chi connectivity index (χ1) is 9.74. The van der Waals surface area contributed by atoms with Gasteiger partial charge in [0.1, 0.15) is 5.82 Å². The summed E-state index contributed by atoms with van der Waals surface area (Å²) >= 11 is 0. The van der Waals surface area contributed by atoms with Crippen LogP contribution in [0.2, 0.25) is 0 Å². The number of carbonyl (C=O) groups is 1. The summed E-state index contributed by atoms with van der Waals surface area (Å²) in [6.07, 6.45) is 9.10. The van der Waals surface area contributed by atoms with E-state index in [1.807, 2.05) is 0 Å². The molecule has 5 heteroatoms. The fourth-order valence-electron chi connectivity index (χ4n) is 2.67. The zero-order valence-corrected chi connectivity index (χ0v) is 12.4. The molecule has 2 heterocycles. The summed E-state index contributed by atoms with van der Waals surface area (Å²) in [6.45, 7) is 5.92. The average molecular weight is 276 g/mol. The summed E-state index contributed by atoms with van der Waals surface area (Å²) in [5, 5.41) is 3.16. The number of nitrogens with one attached hydrogen (secondary N) is 1. The van der Waals surface area contributed by atoms with Crippen LogP contribution in [0, 0.1) is 5.92 Å². The molecule has 0 bridgehead atoms. The van der Waals surface area contributed by atoms with Crippen molar-refractivity contribution in [2.75, 3.05) is 18.0 Å². The number of rotatable bonds is 5. The van der Waals surface area contributed by atoms with Crippen molar-refractivity contribution in [3.8, 4) is 0 Å². The highest BCUT2D eigenvalue weighted by atomic mass is 16.2. The van der Waals surface area contributed by atoms with Crippen LogP contribution in [0.1, 0.15) is 39.5 Å². The Morgan fingerprint density at radius 1 is 1.45 bits per heavy atom. The Morgan fingerprint density at radius 3 is 2.90 bits per heavy atom. The number of carbonyl (C=O) groups excluding carboxylic acids is 1. The van der Waals surface area contributed by atoms with E-state index in [0.717, 1.165) is 44.6 Å². The molecule has 1 amide bonds. The molecule has 1 fully saturated rings. The standard InChI is InChI=1S/C15H24N4O/c1-3-13(4-2)18-15(20)12-6-5-9-19(11-12)14-10-16-7-8-17-14/h7-8,10,12-13H,3-6,9,11H2,1-2H3,(H,18,20). The maximum absolute atomic E-state index is 12.3. The Kier molecular flexibility index (Phi) is 5.32. The molecular formula is C15H24N4O. The zero-order valence-electron chi connectivity index (χ0n) is 12.4. The molecule has 110 valence electrons. The van der Waals surface area contributed by atoms with Crippen LogP contribution in [0.3, 0.4) is 0 Å². The van der Waals surface area contributed by atoms with E-state index in [-0.39, 0.29) is 11.8 Å². The van der Waals surface area contributed by atoms with E-state index < -0.39 is 0 Å². The molecule has 0 aliphatic carbocycles. The molecular weight excluding hydrogens is 252 g/mol. The van der Waals surface area contributed by atoms with E-state index in [0.29, 0.717) is 6.04 Å². The molecule has 20 heavy (non-hydrogen) atoms. The van der Waals surface area contributed by atoms with Gasteiger partial charge in [0.15, 0.2) is 0 Å². The van der Waals surface area contributed by atoms with Crippen molar-refractivity contribution in [2.45, 2.75) is 45.6 Å². The van der Waals surface area contributed by atoms with Crippen LogP contribution >= 0.6 is 0 Å². The molecule has 2 rings (SSSR count). The van der Waals surface area contributed by atoms with Crippen molar-refractivity contribution in [3.05, 3.63) is 18.6 Å². The summed E-state index contributed by atoms with van der Waals surface area (Å²) in [5.41, 5.74) is 0. The van der Waals surface area contributed by atoms with E-state index >= 15 is 0 Å². The molecule has 0 radical (unpaired) electrons. The molecule has 0 aromatic carbocycles. The van der Waals surface area contributed by atoms with Crippen LogP contribution < -0.4 is 10.2 Å². The lowest BCUT2D eigenvalue weighted by Crippen LogP contribution is -2.46. The first-order valence-electron chi connectivity index (χ1n) is 7.55. The summed E-state index contributed by atoms with van der Waals surface area (Å²) in [4.78, 5) is 22.9. The van der Waals surface area contributed by atoms with Gasteiger partial charge >= 0.3 is 0 Å². The third-order valence-corrected chi connectivity index (χ3v) is 4.00. The Bertz CT molecular complexity index is 419. The van der Waals surface area contributed by atoms with E-state index in [1.54, 1.807) is 18.6 Å². The predicted octanol–water partition coefficient (Wildman–Crippen LogP) is 2.00. The summed E-state index contributed by atoms with van der Waals surface area (Å²) < 4.78 is 0. The second-order valence-corrected chi connectivity index (χ2v) is 5.37. The average Bonchev–Trinajstić information content (AvgIpc) is 2.53. The number of hydrogen-bond donors (Lipinski definition) is 1. The number of nitrogens with zero attached hydrogens (tertiary/aromatic N) is 3. The highest BCUT2D eigenvalue weighted by Crippen LogP contribution is 2.21. The largest absolute Gasteiger partial charge is 0.355 e. The first-order valence-corrected chi connectivity index (χ1v) is 7.55. The topological polar surface area (TPSA) is 58.1 Å². The lowest BCUT2D eigenvalue weighted by molar-refractivity contribution is -0.126. The summed E-state index contributed by atoms with van der Waals surface area (Å²) in [6, 6.07) is 0.300. The van der Waals surface area contributed by atoms with Gasteiger partial charge in [0, 0.05) is 31.5 Å². The van der Waals surface area contributed by atoms with Gasteiger partial charge in [0.25, 0.3) is 0 Å². The van der Waals surface area contributed by atoms with Crippen molar-refractivity contribution in [2.24, 2.45) is 5.92 Å². The highest BCUT2D eigenvalue weighted by molar-refractivity contribution is 5.79. The van der Waals surface area contributed by atoms with Crippen LogP contribution in [0.5, 0.6) is 0 Å². The van der Waals surface area contributed by atoms with Crippen LogP contribution in [0.15, 0.2) is 18.6 Å². The molecule has 1 atom stereocenters. The second-order valence-electron chi connectivity index (χ2n) is 5.37. The predicted molar refractivity (Wildman–Crippen MR) is 79.5 cm³/mol. The van der Waals surface area contributed by atoms with Crippen molar-refractivity contribution in [1.82, 2.24) is 15.3 Å². The van der Waals surface area contributed by atoms with E-state index in [4.69, 9.17) is 0 Å². The van der Waals surface area contributed by atoms with Gasteiger partial charge in [-0.3, -0.25) is 9.78 Å². The Morgan fingerprint density at radius 2 is 2.25 bits per heavy atom. The summed E-state index contributed by atoms with van der Waals surface area (Å²) in [5.74, 6) is 1.12. The molecule has 1 unspecified atom stereocenters.